The molecular formula is C16H21F2NO4. The number of halogens is 2. The van der Waals surface area contributed by atoms with E-state index in [-0.39, 0.29) is 13.0 Å². The van der Waals surface area contributed by atoms with Crippen molar-refractivity contribution in [2.45, 2.75) is 45.8 Å². The van der Waals surface area contributed by atoms with Crippen molar-refractivity contribution < 1.29 is 28.2 Å². The van der Waals surface area contributed by atoms with E-state index in [4.69, 9.17) is 9.84 Å². The van der Waals surface area contributed by atoms with Crippen molar-refractivity contribution in [3.05, 3.63) is 35.9 Å². The highest BCUT2D eigenvalue weighted by molar-refractivity contribution is 5.79. The van der Waals surface area contributed by atoms with E-state index >= 15 is 0 Å². The average molecular weight is 329 g/mol. The van der Waals surface area contributed by atoms with Crippen LogP contribution < -0.4 is 5.32 Å². The van der Waals surface area contributed by atoms with E-state index in [0.29, 0.717) is 0 Å². The van der Waals surface area contributed by atoms with Gasteiger partial charge in [-0.05, 0) is 17.4 Å². The van der Waals surface area contributed by atoms with Gasteiger partial charge in [0.2, 0.25) is 6.43 Å². The number of ether oxygens (including phenoxy) is 1. The Morgan fingerprint density at radius 2 is 1.83 bits per heavy atom. The van der Waals surface area contributed by atoms with Crippen molar-refractivity contribution in [1.29, 1.82) is 0 Å². The minimum atomic E-state index is -2.54. The first-order chi connectivity index (χ1) is 10.7. The van der Waals surface area contributed by atoms with Crippen molar-refractivity contribution in [1.82, 2.24) is 5.32 Å². The number of hydrogen-bond acceptors (Lipinski definition) is 3. The largest absolute Gasteiger partial charge is 0.480 e. The number of aliphatic carboxylic acids is 1. The van der Waals surface area contributed by atoms with Gasteiger partial charge in [-0.2, -0.15) is 0 Å². The van der Waals surface area contributed by atoms with Gasteiger partial charge >= 0.3 is 12.1 Å². The molecule has 0 bridgehead atoms. The number of carboxylic acids is 1. The number of alkyl halides is 2. The molecule has 7 heteroatoms. The molecule has 0 aliphatic carbocycles. The Hall–Kier alpha value is -2.18. The topological polar surface area (TPSA) is 75.6 Å². The van der Waals surface area contributed by atoms with Crippen molar-refractivity contribution in [3.63, 3.8) is 0 Å². The number of amides is 1. The maximum atomic E-state index is 12.5. The molecule has 0 radical (unpaired) electrons. The molecule has 0 saturated carbocycles. The lowest BCUT2D eigenvalue weighted by Crippen LogP contribution is -2.44. The van der Waals surface area contributed by atoms with E-state index in [1.807, 2.05) is 6.07 Å². The van der Waals surface area contributed by atoms with Crippen LogP contribution in [0.3, 0.4) is 0 Å². The zero-order valence-corrected chi connectivity index (χ0v) is 13.1. The van der Waals surface area contributed by atoms with Crippen LogP contribution in [-0.4, -0.2) is 29.6 Å². The number of benzene rings is 1. The highest BCUT2D eigenvalue weighted by Gasteiger charge is 2.31. The summed E-state index contributed by atoms with van der Waals surface area (Å²) >= 11 is 0. The lowest BCUT2D eigenvalue weighted by Gasteiger charge is -2.27. The van der Waals surface area contributed by atoms with E-state index in [2.05, 4.69) is 5.32 Å². The molecule has 2 N–H and O–H groups in total. The maximum Gasteiger partial charge on any atom is 0.408 e. The first-order valence-corrected chi connectivity index (χ1v) is 7.18. The summed E-state index contributed by atoms with van der Waals surface area (Å²) in [7, 11) is 0. The van der Waals surface area contributed by atoms with Gasteiger partial charge in [0.25, 0.3) is 0 Å². The van der Waals surface area contributed by atoms with E-state index in [1.54, 1.807) is 24.3 Å². The smallest absolute Gasteiger partial charge is 0.408 e. The Morgan fingerprint density at radius 1 is 1.22 bits per heavy atom. The molecule has 0 spiro atoms. The van der Waals surface area contributed by atoms with Crippen LogP contribution >= 0.6 is 0 Å². The second kappa shape index (κ2) is 8.45. The predicted molar refractivity (Wildman–Crippen MR) is 80.2 cm³/mol. The Morgan fingerprint density at radius 3 is 2.35 bits per heavy atom. The second-order valence-corrected chi connectivity index (χ2v) is 6.06. The fourth-order valence-corrected chi connectivity index (χ4v) is 2.16. The Labute approximate surface area is 133 Å². The van der Waals surface area contributed by atoms with E-state index < -0.39 is 36.4 Å². The molecule has 0 fully saturated rings. The van der Waals surface area contributed by atoms with Crippen LogP contribution in [0.4, 0.5) is 13.6 Å². The van der Waals surface area contributed by atoms with Crippen LogP contribution in [-0.2, 0) is 16.1 Å². The zero-order chi connectivity index (χ0) is 17.5. The third kappa shape index (κ3) is 7.58. The Bertz CT molecular complexity index is 520. The van der Waals surface area contributed by atoms with Crippen LogP contribution in [0.5, 0.6) is 0 Å². The summed E-state index contributed by atoms with van der Waals surface area (Å²) in [5, 5.41) is 11.4. The third-order valence-corrected chi connectivity index (χ3v) is 3.27. The zero-order valence-electron chi connectivity index (χ0n) is 13.1. The number of alkyl carbamates (subject to hydrolysis) is 1. The van der Waals surface area contributed by atoms with Gasteiger partial charge in [0.05, 0.1) is 0 Å². The van der Waals surface area contributed by atoms with Crippen LogP contribution in [0.15, 0.2) is 30.3 Å². The lowest BCUT2D eigenvalue weighted by molar-refractivity contribution is -0.140. The summed E-state index contributed by atoms with van der Waals surface area (Å²) < 4.78 is 29.9. The van der Waals surface area contributed by atoms with Gasteiger partial charge < -0.3 is 15.2 Å². The summed E-state index contributed by atoms with van der Waals surface area (Å²) in [5.41, 5.74) is -0.170. The first-order valence-electron chi connectivity index (χ1n) is 7.18. The third-order valence-electron chi connectivity index (χ3n) is 3.27. The monoisotopic (exact) mass is 329 g/mol. The summed E-state index contributed by atoms with van der Waals surface area (Å²) in [4.78, 5) is 22.9. The molecular weight excluding hydrogens is 308 g/mol. The Kier molecular flexibility index (Phi) is 6.93. The van der Waals surface area contributed by atoms with Crippen LogP contribution in [0.2, 0.25) is 0 Å². The number of carbonyl (C=O) groups excluding carboxylic acids is 1. The molecule has 0 aromatic heterocycles. The summed E-state index contributed by atoms with van der Waals surface area (Å²) in [6, 6.07) is 7.61. The fraction of sp³-hybridized carbons (Fsp3) is 0.500. The van der Waals surface area contributed by atoms with Crippen molar-refractivity contribution in [3.8, 4) is 0 Å². The lowest BCUT2D eigenvalue weighted by atomic mass is 9.82. The predicted octanol–water partition coefficient (Wildman–Crippen LogP) is 3.44. The van der Waals surface area contributed by atoms with Crippen molar-refractivity contribution in [2.24, 2.45) is 5.41 Å². The van der Waals surface area contributed by atoms with Gasteiger partial charge in [-0.25, -0.2) is 18.4 Å². The van der Waals surface area contributed by atoms with Crippen molar-refractivity contribution >= 4 is 12.1 Å². The van der Waals surface area contributed by atoms with Gasteiger partial charge in [0.15, 0.2) is 0 Å². The fourth-order valence-electron chi connectivity index (χ4n) is 2.16. The normalized spacial score (nSPS) is 12.7. The minimum absolute atomic E-state index is 0.000556. The van der Waals surface area contributed by atoms with Gasteiger partial charge in [-0.15, -0.1) is 0 Å². The molecule has 0 aliphatic heterocycles. The quantitative estimate of drug-likeness (QED) is 0.766. The first kappa shape index (κ1) is 18.9. The molecule has 1 unspecified atom stereocenters. The minimum Gasteiger partial charge on any atom is -0.480 e. The van der Waals surface area contributed by atoms with E-state index in [0.717, 1.165) is 5.56 Å². The van der Waals surface area contributed by atoms with E-state index in [9.17, 15) is 18.4 Å². The number of nitrogens with one attached hydrogen (secondary N) is 1. The number of carboxylic acid groups (broad SMARTS) is 1. The number of rotatable bonds is 8. The standard InChI is InChI=1S/C16H21F2NO4/c1-16(2,9-13(17)18)8-12(14(20)21)19-15(22)23-10-11-6-4-3-5-7-11/h3-7,12-13H,8-10H2,1-2H3,(H,19,22)(H,20,21). The number of carbonyl (C=O) groups is 2. The molecule has 1 atom stereocenters. The SMILES string of the molecule is CC(C)(CC(F)F)CC(NC(=O)OCc1ccccc1)C(=O)O. The number of hydrogen-bond donors (Lipinski definition) is 2. The Balaban J connectivity index is 2.55. The van der Waals surface area contributed by atoms with E-state index in [1.165, 1.54) is 13.8 Å². The highest BCUT2D eigenvalue weighted by atomic mass is 19.3. The maximum absolute atomic E-state index is 12.5. The van der Waals surface area contributed by atoms with Gasteiger partial charge in [0.1, 0.15) is 12.6 Å². The molecule has 1 rings (SSSR count). The summed E-state index contributed by atoms with van der Waals surface area (Å²) in [6.07, 6.45) is -4.00. The highest BCUT2D eigenvalue weighted by Crippen LogP contribution is 2.30. The van der Waals surface area contributed by atoms with Crippen LogP contribution in [0, 0.1) is 5.41 Å². The molecule has 0 aliphatic rings. The molecule has 1 amide bonds. The van der Waals surface area contributed by atoms with Crippen LogP contribution in [0.1, 0.15) is 32.3 Å². The molecule has 23 heavy (non-hydrogen) atoms. The molecule has 1 aromatic carbocycles. The molecule has 128 valence electrons. The second-order valence-electron chi connectivity index (χ2n) is 6.06. The van der Waals surface area contributed by atoms with Crippen molar-refractivity contribution in [2.75, 3.05) is 0 Å². The molecule has 0 heterocycles. The van der Waals surface area contributed by atoms with Gasteiger partial charge in [0, 0.05) is 6.42 Å². The molecule has 0 saturated heterocycles. The average Bonchev–Trinajstić information content (AvgIpc) is 2.43. The summed E-state index contributed by atoms with van der Waals surface area (Å²) in [5.74, 6) is -1.29. The van der Waals surface area contributed by atoms with Gasteiger partial charge in [-0.1, -0.05) is 44.2 Å². The molecule has 5 nitrogen and oxygen atoms in total. The van der Waals surface area contributed by atoms with Crippen LogP contribution in [0.25, 0.3) is 0 Å². The summed E-state index contributed by atoms with van der Waals surface area (Å²) in [6.45, 7) is 3.07. The van der Waals surface area contributed by atoms with Gasteiger partial charge in [-0.3, -0.25) is 0 Å². The molecule has 1 aromatic rings.